The van der Waals surface area contributed by atoms with Gasteiger partial charge in [0.2, 0.25) is 0 Å². The number of benzene rings is 2. The van der Waals surface area contributed by atoms with Crippen molar-refractivity contribution < 1.29 is 35.9 Å². The van der Waals surface area contributed by atoms with Crippen molar-refractivity contribution in [3.63, 3.8) is 0 Å². The van der Waals surface area contributed by atoms with Crippen LogP contribution < -0.4 is 5.32 Å². The zero-order chi connectivity index (χ0) is 21.2. The Morgan fingerprint density at radius 3 is 2.36 bits per heavy atom. The number of nitrogens with one attached hydrogen (secondary N) is 1. The van der Waals surface area contributed by atoms with Crippen LogP contribution in [0.3, 0.4) is 0 Å². The summed E-state index contributed by atoms with van der Waals surface area (Å²) in [5, 5.41) is 1.84. The second-order valence-electron chi connectivity index (χ2n) is 5.67. The van der Waals surface area contributed by atoms with Crippen LogP contribution in [-0.4, -0.2) is 32.7 Å². The number of sulfone groups is 1. The standard InChI is InChI=1S/C17H13ClF3NO5S/c1-8(16(23)22-13-6-5-12(19)14(20)15(13)21)27-17(24)10-7-9(28(2,25)26)3-4-11(10)18/h3-8H,1-2H3,(H,22,23)/t8-/m1/s1. The molecule has 0 aliphatic heterocycles. The molecule has 0 aromatic heterocycles. The lowest BCUT2D eigenvalue weighted by atomic mass is 10.2. The Bertz CT molecular complexity index is 1060. The third kappa shape index (κ3) is 4.82. The lowest BCUT2D eigenvalue weighted by molar-refractivity contribution is -0.123. The van der Waals surface area contributed by atoms with Crippen molar-refractivity contribution in [1.82, 2.24) is 0 Å². The van der Waals surface area contributed by atoms with Gasteiger partial charge in [0.05, 0.1) is 21.2 Å². The highest BCUT2D eigenvalue weighted by Crippen LogP contribution is 2.23. The molecule has 28 heavy (non-hydrogen) atoms. The van der Waals surface area contributed by atoms with Crippen molar-refractivity contribution in [2.45, 2.75) is 17.9 Å². The number of hydrogen-bond acceptors (Lipinski definition) is 5. The van der Waals surface area contributed by atoms with Crippen molar-refractivity contribution >= 4 is 39.0 Å². The van der Waals surface area contributed by atoms with Crippen LogP contribution in [0.15, 0.2) is 35.2 Å². The molecule has 0 heterocycles. The van der Waals surface area contributed by atoms with Gasteiger partial charge in [-0.1, -0.05) is 11.6 Å². The van der Waals surface area contributed by atoms with Gasteiger partial charge >= 0.3 is 5.97 Å². The van der Waals surface area contributed by atoms with E-state index in [9.17, 15) is 31.2 Å². The van der Waals surface area contributed by atoms with Crippen LogP contribution in [0, 0.1) is 17.5 Å². The van der Waals surface area contributed by atoms with Gasteiger partial charge in [-0.15, -0.1) is 0 Å². The molecule has 0 radical (unpaired) electrons. The first-order chi connectivity index (χ1) is 12.9. The first-order valence-electron chi connectivity index (χ1n) is 7.56. The van der Waals surface area contributed by atoms with E-state index < -0.39 is 51.0 Å². The second-order valence-corrected chi connectivity index (χ2v) is 8.10. The second kappa shape index (κ2) is 8.19. The highest BCUT2D eigenvalue weighted by Gasteiger charge is 2.24. The van der Waals surface area contributed by atoms with Crippen LogP contribution in [0.5, 0.6) is 0 Å². The fraction of sp³-hybridized carbons (Fsp3) is 0.176. The highest BCUT2D eigenvalue weighted by atomic mass is 35.5. The largest absolute Gasteiger partial charge is 0.449 e. The minimum Gasteiger partial charge on any atom is -0.449 e. The summed E-state index contributed by atoms with van der Waals surface area (Å²) in [5.41, 5.74) is -0.952. The van der Waals surface area contributed by atoms with E-state index >= 15 is 0 Å². The molecular weight excluding hydrogens is 423 g/mol. The van der Waals surface area contributed by atoms with E-state index in [4.69, 9.17) is 16.3 Å². The summed E-state index contributed by atoms with van der Waals surface area (Å²) in [6.45, 7) is 1.14. The Hall–Kier alpha value is -2.59. The van der Waals surface area contributed by atoms with Gasteiger partial charge in [-0.3, -0.25) is 4.79 Å². The van der Waals surface area contributed by atoms with Gasteiger partial charge in [-0.2, -0.15) is 0 Å². The van der Waals surface area contributed by atoms with Crippen molar-refractivity contribution in [2.75, 3.05) is 11.6 Å². The summed E-state index contributed by atoms with van der Waals surface area (Å²) in [5.74, 6) is -6.96. The molecule has 2 aromatic rings. The summed E-state index contributed by atoms with van der Waals surface area (Å²) >= 11 is 5.86. The number of amides is 1. The molecule has 2 aromatic carbocycles. The van der Waals surface area contributed by atoms with E-state index in [0.29, 0.717) is 6.07 Å². The van der Waals surface area contributed by atoms with E-state index in [-0.39, 0.29) is 15.5 Å². The van der Waals surface area contributed by atoms with Gasteiger partial charge in [0.25, 0.3) is 5.91 Å². The number of rotatable bonds is 5. The maximum absolute atomic E-state index is 13.6. The molecule has 11 heteroatoms. The number of halogens is 4. The maximum Gasteiger partial charge on any atom is 0.340 e. The third-order valence-corrected chi connectivity index (χ3v) is 4.97. The minimum absolute atomic E-state index is 0.114. The van der Waals surface area contributed by atoms with Gasteiger partial charge in [0.15, 0.2) is 33.4 Å². The number of esters is 1. The Morgan fingerprint density at radius 2 is 1.75 bits per heavy atom. The van der Waals surface area contributed by atoms with E-state index in [2.05, 4.69) is 0 Å². The van der Waals surface area contributed by atoms with Crippen molar-refractivity contribution in [1.29, 1.82) is 0 Å². The zero-order valence-corrected chi connectivity index (χ0v) is 16.0. The Labute approximate surface area is 163 Å². The average molecular weight is 436 g/mol. The Balaban J connectivity index is 2.16. The van der Waals surface area contributed by atoms with E-state index in [1.807, 2.05) is 5.32 Å². The normalized spacial score (nSPS) is 12.4. The van der Waals surface area contributed by atoms with Gasteiger partial charge in [-0.25, -0.2) is 26.4 Å². The SMILES string of the molecule is C[C@@H](OC(=O)c1cc(S(C)(=O)=O)ccc1Cl)C(=O)Nc1ccc(F)c(F)c1F. The summed E-state index contributed by atoms with van der Waals surface area (Å²) < 4.78 is 67.8. The molecule has 0 spiro atoms. The van der Waals surface area contributed by atoms with Gasteiger partial charge in [-0.05, 0) is 37.3 Å². The Kier molecular flexibility index (Phi) is 6.35. The molecule has 0 fully saturated rings. The van der Waals surface area contributed by atoms with Gasteiger partial charge < -0.3 is 10.1 Å². The summed E-state index contributed by atoms with van der Waals surface area (Å²) in [4.78, 5) is 24.1. The molecule has 0 saturated carbocycles. The predicted octanol–water partition coefficient (Wildman–Crippen LogP) is 3.34. The van der Waals surface area contributed by atoms with E-state index in [1.54, 1.807) is 0 Å². The van der Waals surface area contributed by atoms with Crippen LogP contribution in [0.4, 0.5) is 18.9 Å². The van der Waals surface area contributed by atoms with Crippen LogP contribution in [-0.2, 0) is 19.4 Å². The molecule has 150 valence electrons. The molecule has 0 saturated heterocycles. The summed E-state index contributed by atoms with van der Waals surface area (Å²) in [6.07, 6.45) is -0.560. The minimum atomic E-state index is -3.63. The Morgan fingerprint density at radius 1 is 1.11 bits per heavy atom. The van der Waals surface area contributed by atoms with Crippen LogP contribution >= 0.6 is 11.6 Å². The monoisotopic (exact) mass is 435 g/mol. The van der Waals surface area contributed by atoms with Crippen LogP contribution in [0.25, 0.3) is 0 Å². The van der Waals surface area contributed by atoms with Crippen LogP contribution in [0.1, 0.15) is 17.3 Å². The molecular formula is C17H13ClF3NO5S. The average Bonchev–Trinajstić information content (AvgIpc) is 2.61. The van der Waals surface area contributed by atoms with E-state index in [0.717, 1.165) is 25.3 Å². The number of hydrogen-bond donors (Lipinski definition) is 1. The van der Waals surface area contributed by atoms with Gasteiger partial charge in [0, 0.05) is 6.26 Å². The van der Waals surface area contributed by atoms with E-state index in [1.165, 1.54) is 12.1 Å². The molecule has 0 aliphatic carbocycles. The highest BCUT2D eigenvalue weighted by molar-refractivity contribution is 7.90. The van der Waals surface area contributed by atoms with Gasteiger partial charge in [0.1, 0.15) is 0 Å². The molecule has 6 nitrogen and oxygen atoms in total. The molecule has 1 atom stereocenters. The maximum atomic E-state index is 13.6. The van der Waals surface area contributed by atoms with Crippen molar-refractivity contribution in [2.24, 2.45) is 0 Å². The molecule has 0 bridgehead atoms. The fourth-order valence-electron chi connectivity index (χ4n) is 2.03. The first kappa shape index (κ1) is 21.7. The van der Waals surface area contributed by atoms with Crippen LogP contribution in [0.2, 0.25) is 5.02 Å². The van der Waals surface area contributed by atoms with Crippen molar-refractivity contribution in [3.8, 4) is 0 Å². The molecule has 0 aliphatic rings. The lowest BCUT2D eigenvalue weighted by Crippen LogP contribution is -2.30. The molecule has 0 unspecified atom stereocenters. The quantitative estimate of drug-likeness (QED) is 0.574. The fourth-order valence-corrected chi connectivity index (χ4v) is 2.87. The summed E-state index contributed by atoms with van der Waals surface area (Å²) in [6, 6.07) is 4.76. The predicted molar refractivity (Wildman–Crippen MR) is 94.4 cm³/mol. The van der Waals surface area contributed by atoms with Crippen molar-refractivity contribution in [3.05, 3.63) is 58.4 Å². The topological polar surface area (TPSA) is 89.5 Å². The molecule has 2 rings (SSSR count). The summed E-state index contributed by atoms with van der Waals surface area (Å²) in [7, 11) is -3.63. The molecule has 1 N–H and O–H groups in total. The number of anilines is 1. The zero-order valence-electron chi connectivity index (χ0n) is 14.4. The number of ether oxygens (including phenoxy) is 1. The number of carbonyl (C=O) groups excluding carboxylic acids is 2. The first-order valence-corrected chi connectivity index (χ1v) is 9.83. The number of carbonyl (C=O) groups is 2. The molecule has 1 amide bonds. The smallest absolute Gasteiger partial charge is 0.340 e. The third-order valence-electron chi connectivity index (χ3n) is 3.53. The lowest BCUT2D eigenvalue weighted by Gasteiger charge is -2.15.